The van der Waals surface area contributed by atoms with Crippen molar-refractivity contribution < 1.29 is 8.42 Å². The molecule has 5 nitrogen and oxygen atoms in total. The van der Waals surface area contributed by atoms with Crippen LogP contribution in [-0.2, 0) is 10.0 Å². The highest BCUT2D eigenvalue weighted by atomic mass is 35.5. The molecule has 2 rings (SSSR count). The van der Waals surface area contributed by atoms with Gasteiger partial charge < -0.3 is 0 Å². The summed E-state index contributed by atoms with van der Waals surface area (Å²) >= 11 is 11.7. The van der Waals surface area contributed by atoms with Gasteiger partial charge in [0.05, 0.1) is 26.9 Å². The third-order valence-corrected chi connectivity index (χ3v) is 4.74. The SMILES string of the molecule is N#Cc1ccccc1S(=O)(=O)Nc1cc(Cl)c(C#N)c(Cl)c1. The van der Waals surface area contributed by atoms with Crippen LogP contribution in [0, 0.1) is 22.7 Å². The molecule has 0 heterocycles. The average molecular weight is 352 g/mol. The van der Waals surface area contributed by atoms with Gasteiger partial charge in [0.1, 0.15) is 17.0 Å². The van der Waals surface area contributed by atoms with Crippen molar-refractivity contribution in [2.75, 3.05) is 4.72 Å². The zero-order valence-corrected chi connectivity index (χ0v) is 13.2. The van der Waals surface area contributed by atoms with Crippen LogP contribution in [0.25, 0.3) is 0 Å². The van der Waals surface area contributed by atoms with Crippen molar-refractivity contribution in [3.8, 4) is 12.1 Å². The van der Waals surface area contributed by atoms with Gasteiger partial charge in [-0.05, 0) is 24.3 Å². The van der Waals surface area contributed by atoms with E-state index in [0.717, 1.165) is 0 Å². The Balaban J connectivity index is 2.47. The highest BCUT2D eigenvalue weighted by Crippen LogP contribution is 2.29. The maximum atomic E-state index is 12.3. The minimum absolute atomic E-state index is 0.0147. The van der Waals surface area contributed by atoms with Gasteiger partial charge in [0.15, 0.2) is 0 Å². The molecule has 0 amide bonds. The Morgan fingerprint density at radius 3 is 2.14 bits per heavy atom. The van der Waals surface area contributed by atoms with Gasteiger partial charge in [-0.25, -0.2) is 8.42 Å². The second-order valence-electron chi connectivity index (χ2n) is 4.14. The number of rotatable bonds is 3. The number of sulfonamides is 1. The fourth-order valence-electron chi connectivity index (χ4n) is 1.74. The quantitative estimate of drug-likeness (QED) is 0.914. The van der Waals surface area contributed by atoms with Crippen LogP contribution in [0.15, 0.2) is 41.3 Å². The third kappa shape index (κ3) is 3.15. The molecule has 0 aliphatic heterocycles. The lowest BCUT2D eigenvalue weighted by Gasteiger charge is -2.10. The van der Waals surface area contributed by atoms with E-state index in [-0.39, 0.29) is 31.8 Å². The standard InChI is InChI=1S/C14H7Cl2N3O2S/c15-12-5-10(6-13(16)11(12)8-18)19-22(20,21)14-4-2-1-3-9(14)7-17/h1-6,19H. The second kappa shape index (κ2) is 6.25. The number of anilines is 1. The summed E-state index contributed by atoms with van der Waals surface area (Å²) in [7, 11) is -3.98. The molecule has 0 aromatic heterocycles. The number of benzene rings is 2. The summed E-state index contributed by atoms with van der Waals surface area (Å²) in [6, 6.07) is 12.0. The molecule has 0 fully saturated rings. The van der Waals surface area contributed by atoms with E-state index < -0.39 is 10.0 Å². The van der Waals surface area contributed by atoms with Gasteiger partial charge in [0.25, 0.3) is 10.0 Å². The lowest BCUT2D eigenvalue weighted by Crippen LogP contribution is -2.14. The molecule has 2 aromatic rings. The van der Waals surface area contributed by atoms with Crippen molar-refractivity contribution in [2.24, 2.45) is 0 Å². The number of nitrogens with one attached hydrogen (secondary N) is 1. The van der Waals surface area contributed by atoms with E-state index >= 15 is 0 Å². The van der Waals surface area contributed by atoms with Crippen LogP contribution in [-0.4, -0.2) is 8.42 Å². The fraction of sp³-hybridized carbons (Fsp3) is 0. The normalized spacial score (nSPS) is 10.5. The molecular formula is C14H7Cl2N3O2S. The summed E-state index contributed by atoms with van der Waals surface area (Å²) in [6.07, 6.45) is 0. The molecule has 22 heavy (non-hydrogen) atoms. The lowest BCUT2D eigenvalue weighted by molar-refractivity contribution is 0.601. The topological polar surface area (TPSA) is 93.8 Å². The summed E-state index contributed by atoms with van der Waals surface area (Å²) in [5.41, 5.74) is 0.172. The van der Waals surface area contributed by atoms with E-state index in [0.29, 0.717) is 0 Å². The molecule has 0 saturated heterocycles. The Morgan fingerprint density at radius 2 is 1.59 bits per heavy atom. The number of hydrogen-bond donors (Lipinski definition) is 1. The van der Waals surface area contributed by atoms with Gasteiger partial charge in [-0.1, -0.05) is 35.3 Å². The number of halogens is 2. The van der Waals surface area contributed by atoms with Crippen molar-refractivity contribution in [1.29, 1.82) is 10.5 Å². The first-order valence-corrected chi connectivity index (χ1v) is 8.04. The molecule has 0 spiro atoms. The molecule has 0 saturated carbocycles. The molecule has 0 bridgehead atoms. The molecule has 0 aliphatic carbocycles. The molecule has 2 aromatic carbocycles. The van der Waals surface area contributed by atoms with Crippen molar-refractivity contribution in [3.63, 3.8) is 0 Å². The van der Waals surface area contributed by atoms with Crippen LogP contribution in [0.3, 0.4) is 0 Å². The van der Waals surface area contributed by atoms with Gasteiger partial charge in [-0.2, -0.15) is 10.5 Å². The van der Waals surface area contributed by atoms with E-state index in [1.54, 1.807) is 6.07 Å². The Kier molecular flexibility index (Phi) is 4.58. The van der Waals surface area contributed by atoms with Gasteiger partial charge in [0, 0.05) is 0 Å². The lowest BCUT2D eigenvalue weighted by atomic mass is 10.2. The molecule has 110 valence electrons. The predicted octanol–water partition coefficient (Wildman–Crippen LogP) is 3.54. The molecule has 1 N–H and O–H groups in total. The Bertz CT molecular complexity index is 905. The third-order valence-electron chi connectivity index (χ3n) is 2.70. The van der Waals surface area contributed by atoms with Crippen LogP contribution in [0.5, 0.6) is 0 Å². The zero-order valence-electron chi connectivity index (χ0n) is 10.8. The number of nitriles is 2. The first kappa shape index (κ1) is 16.1. The maximum absolute atomic E-state index is 12.3. The Hall–Kier alpha value is -2.25. The van der Waals surface area contributed by atoms with Gasteiger partial charge >= 0.3 is 0 Å². The summed E-state index contributed by atoms with van der Waals surface area (Å²) in [5, 5.41) is 17.9. The summed E-state index contributed by atoms with van der Waals surface area (Å²) in [5.74, 6) is 0. The minimum atomic E-state index is -3.98. The van der Waals surface area contributed by atoms with E-state index in [1.165, 1.54) is 30.3 Å². The number of nitrogens with zero attached hydrogens (tertiary/aromatic N) is 2. The molecular weight excluding hydrogens is 345 g/mol. The zero-order chi connectivity index (χ0) is 16.3. The highest BCUT2D eigenvalue weighted by molar-refractivity contribution is 7.92. The largest absolute Gasteiger partial charge is 0.279 e. The monoisotopic (exact) mass is 351 g/mol. The average Bonchev–Trinajstić information content (AvgIpc) is 2.46. The van der Waals surface area contributed by atoms with Crippen molar-refractivity contribution in [1.82, 2.24) is 0 Å². The fourth-order valence-corrected chi connectivity index (χ4v) is 3.51. The van der Waals surface area contributed by atoms with Gasteiger partial charge in [0.2, 0.25) is 0 Å². The maximum Gasteiger partial charge on any atom is 0.263 e. The van der Waals surface area contributed by atoms with Crippen LogP contribution >= 0.6 is 23.2 Å². The Labute approximate surface area is 137 Å². The molecule has 8 heteroatoms. The second-order valence-corrected chi connectivity index (χ2v) is 6.61. The predicted molar refractivity (Wildman–Crippen MR) is 83.1 cm³/mol. The first-order valence-electron chi connectivity index (χ1n) is 5.80. The molecule has 0 aliphatic rings. The van der Waals surface area contributed by atoms with Crippen molar-refractivity contribution >= 4 is 38.9 Å². The van der Waals surface area contributed by atoms with Crippen LogP contribution in [0.1, 0.15) is 11.1 Å². The number of hydrogen-bond acceptors (Lipinski definition) is 4. The summed E-state index contributed by atoms with van der Waals surface area (Å²) in [6.45, 7) is 0. The highest BCUT2D eigenvalue weighted by Gasteiger charge is 2.19. The van der Waals surface area contributed by atoms with Crippen molar-refractivity contribution in [3.05, 3.63) is 57.6 Å². The van der Waals surface area contributed by atoms with Gasteiger partial charge in [-0.3, -0.25) is 4.72 Å². The van der Waals surface area contributed by atoms with E-state index in [9.17, 15) is 8.42 Å². The van der Waals surface area contributed by atoms with Crippen LogP contribution in [0.2, 0.25) is 10.0 Å². The van der Waals surface area contributed by atoms with Crippen LogP contribution < -0.4 is 4.72 Å². The van der Waals surface area contributed by atoms with E-state index in [4.69, 9.17) is 33.7 Å². The van der Waals surface area contributed by atoms with Crippen LogP contribution in [0.4, 0.5) is 5.69 Å². The smallest absolute Gasteiger partial charge is 0.263 e. The van der Waals surface area contributed by atoms with Crippen molar-refractivity contribution in [2.45, 2.75) is 4.90 Å². The molecule has 0 atom stereocenters. The summed E-state index contributed by atoms with van der Waals surface area (Å²) in [4.78, 5) is -0.158. The van der Waals surface area contributed by atoms with E-state index in [1.807, 2.05) is 12.1 Å². The van der Waals surface area contributed by atoms with Gasteiger partial charge in [-0.15, -0.1) is 0 Å². The minimum Gasteiger partial charge on any atom is -0.279 e. The first-order chi connectivity index (χ1) is 10.4. The summed E-state index contributed by atoms with van der Waals surface area (Å²) < 4.78 is 27.0. The van der Waals surface area contributed by atoms with E-state index in [2.05, 4.69) is 4.72 Å². The Morgan fingerprint density at radius 1 is 1.00 bits per heavy atom. The molecule has 0 unspecified atom stereocenters. The molecule has 0 radical (unpaired) electrons.